The van der Waals surface area contributed by atoms with Gasteiger partial charge in [-0.05, 0) is 54.2 Å². The summed E-state index contributed by atoms with van der Waals surface area (Å²) in [6.07, 6.45) is -0.578. The van der Waals surface area contributed by atoms with Gasteiger partial charge in [-0.3, -0.25) is 0 Å². The van der Waals surface area contributed by atoms with Crippen molar-refractivity contribution in [2.24, 2.45) is 0 Å². The molecule has 0 saturated heterocycles. The van der Waals surface area contributed by atoms with Crippen molar-refractivity contribution in [3.8, 4) is 0 Å². The molecule has 2 aromatic rings. The number of hydrogen-bond acceptors (Lipinski definition) is 2. The van der Waals surface area contributed by atoms with Gasteiger partial charge in [-0.15, -0.1) is 0 Å². The first-order valence-corrected chi connectivity index (χ1v) is 6.86. The van der Waals surface area contributed by atoms with Gasteiger partial charge in [-0.1, -0.05) is 36.4 Å². The van der Waals surface area contributed by atoms with Gasteiger partial charge in [0.25, 0.3) is 0 Å². The van der Waals surface area contributed by atoms with E-state index >= 15 is 0 Å². The zero-order valence-corrected chi connectivity index (χ0v) is 12.6. The second kappa shape index (κ2) is 6.21. The summed E-state index contributed by atoms with van der Waals surface area (Å²) in [5.41, 5.74) is 6.60. The van der Waals surface area contributed by atoms with E-state index in [0.717, 1.165) is 22.3 Å². The molecule has 0 saturated carbocycles. The Labute approximate surface area is 121 Å². The van der Waals surface area contributed by atoms with Crippen molar-refractivity contribution >= 4 is 0 Å². The fraction of sp³-hybridized carbons (Fsp3) is 0.333. The maximum Gasteiger partial charge on any atom is 0.104 e. The zero-order chi connectivity index (χ0) is 14.7. The average molecular weight is 270 g/mol. The lowest BCUT2D eigenvalue weighted by molar-refractivity contribution is 0.184. The molecule has 2 aromatic carbocycles. The molecule has 0 bridgehead atoms. The number of aliphatic hydroxyl groups is 1. The van der Waals surface area contributed by atoms with E-state index in [1.165, 1.54) is 11.1 Å². The number of ether oxygens (including phenoxy) is 1. The van der Waals surface area contributed by atoms with E-state index in [9.17, 15) is 5.11 Å². The molecule has 2 nitrogen and oxygen atoms in total. The first-order chi connectivity index (χ1) is 9.52. The molecular weight excluding hydrogens is 248 g/mol. The van der Waals surface area contributed by atoms with Crippen molar-refractivity contribution in [3.63, 3.8) is 0 Å². The van der Waals surface area contributed by atoms with Crippen LogP contribution in [0.5, 0.6) is 0 Å². The minimum atomic E-state index is -0.578. The fourth-order valence-corrected chi connectivity index (χ4v) is 2.42. The van der Waals surface area contributed by atoms with Gasteiger partial charge in [0.15, 0.2) is 0 Å². The Morgan fingerprint density at radius 2 is 1.55 bits per heavy atom. The molecule has 0 fully saturated rings. The van der Waals surface area contributed by atoms with Crippen LogP contribution in [-0.2, 0) is 11.3 Å². The van der Waals surface area contributed by atoms with Gasteiger partial charge < -0.3 is 9.84 Å². The zero-order valence-electron chi connectivity index (χ0n) is 12.6. The third kappa shape index (κ3) is 3.09. The Morgan fingerprint density at radius 1 is 0.950 bits per heavy atom. The van der Waals surface area contributed by atoms with Crippen LogP contribution in [-0.4, -0.2) is 12.2 Å². The largest absolute Gasteiger partial charge is 0.384 e. The Morgan fingerprint density at radius 3 is 2.15 bits per heavy atom. The molecule has 2 rings (SSSR count). The second-order valence-corrected chi connectivity index (χ2v) is 5.37. The van der Waals surface area contributed by atoms with Gasteiger partial charge >= 0.3 is 0 Å². The highest BCUT2D eigenvalue weighted by atomic mass is 16.5. The van der Waals surface area contributed by atoms with E-state index in [1.807, 2.05) is 31.2 Å². The van der Waals surface area contributed by atoms with Crippen LogP contribution in [0.25, 0.3) is 0 Å². The van der Waals surface area contributed by atoms with Gasteiger partial charge in [-0.2, -0.15) is 0 Å². The van der Waals surface area contributed by atoms with Crippen LogP contribution in [0, 0.1) is 20.8 Å². The Kier molecular flexibility index (Phi) is 4.58. The summed E-state index contributed by atoms with van der Waals surface area (Å²) < 4.78 is 5.10. The molecular formula is C18H22O2. The van der Waals surface area contributed by atoms with Crippen LogP contribution in [0.4, 0.5) is 0 Å². The predicted molar refractivity (Wildman–Crippen MR) is 81.9 cm³/mol. The molecule has 1 atom stereocenters. The minimum absolute atomic E-state index is 0.578. The first kappa shape index (κ1) is 14.8. The molecule has 0 amide bonds. The van der Waals surface area contributed by atoms with Crippen molar-refractivity contribution in [1.82, 2.24) is 0 Å². The summed E-state index contributed by atoms with van der Waals surface area (Å²) in [5, 5.41) is 10.6. The number of hydrogen-bond donors (Lipinski definition) is 1. The van der Waals surface area contributed by atoms with Crippen molar-refractivity contribution in [2.75, 3.05) is 7.11 Å². The number of aryl methyl sites for hydroxylation is 3. The third-order valence-electron chi connectivity index (χ3n) is 3.78. The maximum absolute atomic E-state index is 10.6. The molecule has 0 heterocycles. The topological polar surface area (TPSA) is 29.5 Å². The third-order valence-corrected chi connectivity index (χ3v) is 3.78. The molecule has 20 heavy (non-hydrogen) atoms. The summed E-state index contributed by atoms with van der Waals surface area (Å²) in [4.78, 5) is 0. The standard InChI is InChI=1S/C18H22O2/c1-12-9-14(3)17(10-13(12)2)18(19)16-7-5-15(6-8-16)11-20-4/h5-10,18-19H,11H2,1-4H3. The van der Waals surface area contributed by atoms with Crippen LogP contribution in [0.15, 0.2) is 36.4 Å². The fourth-order valence-electron chi connectivity index (χ4n) is 2.42. The molecule has 0 aromatic heterocycles. The normalized spacial score (nSPS) is 12.4. The molecule has 0 aliphatic rings. The average Bonchev–Trinajstić information content (AvgIpc) is 2.43. The number of benzene rings is 2. The lowest BCUT2D eigenvalue weighted by atomic mass is 9.93. The Hall–Kier alpha value is -1.64. The Bertz CT molecular complexity index is 585. The van der Waals surface area contributed by atoms with Crippen LogP contribution in [0.1, 0.15) is 39.5 Å². The van der Waals surface area contributed by atoms with E-state index < -0.39 is 6.10 Å². The maximum atomic E-state index is 10.6. The smallest absolute Gasteiger partial charge is 0.104 e. The molecule has 0 aliphatic carbocycles. The summed E-state index contributed by atoms with van der Waals surface area (Å²) in [5.74, 6) is 0. The van der Waals surface area contributed by atoms with Gasteiger partial charge in [0.2, 0.25) is 0 Å². The second-order valence-electron chi connectivity index (χ2n) is 5.37. The summed E-state index contributed by atoms with van der Waals surface area (Å²) >= 11 is 0. The first-order valence-electron chi connectivity index (χ1n) is 6.86. The highest BCUT2D eigenvalue weighted by molar-refractivity contribution is 5.41. The lowest BCUT2D eigenvalue weighted by Crippen LogP contribution is -2.03. The van der Waals surface area contributed by atoms with Crippen LogP contribution < -0.4 is 0 Å². The number of methoxy groups -OCH3 is 1. The van der Waals surface area contributed by atoms with Gasteiger partial charge in [0, 0.05) is 7.11 Å². The van der Waals surface area contributed by atoms with Crippen LogP contribution >= 0.6 is 0 Å². The number of aliphatic hydroxyl groups excluding tert-OH is 1. The van der Waals surface area contributed by atoms with E-state index in [4.69, 9.17) is 4.74 Å². The molecule has 0 aliphatic heterocycles. The monoisotopic (exact) mass is 270 g/mol. The van der Waals surface area contributed by atoms with Crippen LogP contribution in [0.3, 0.4) is 0 Å². The minimum Gasteiger partial charge on any atom is -0.384 e. The quantitative estimate of drug-likeness (QED) is 0.914. The highest BCUT2D eigenvalue weighted by Gasteiger charge is 2.14. The van der Waals surface area contributed by atoms with Crippen molar-refractivity contribution in [1.29, 1.82) is 0 Å². The summed E-state index contributed by atoms with van der Waals surface area (Å²) in [7, 11) is 1.68. The summed E-state index contributed by atoms with van der Waals surface area (Å²) in [6.45, 7) is 6.81. The van der Waals surface area contributed by atoms with Crippen LogP contribution in [0.2, 0.25) is 0 Å². The van der Waals surface area contributed by atoms with E-state index in [0.29, 0.717) is 6.61 Å². The van der Waals surface area contributed by atoms with E-state index in [-0.39, 0.29) is 0 Å². The molecule has 106 valence electrons. The lowest BCUT2D eigenvalue weighted by Gasteiger charge is -2.16. The molecule has 1 N–H and O–H groups in total. The molecule has 2 heteroatoms. The highest BCUT2D eigenvalue weighted by Crippen LogP contribution is 2.27. The summed E-state index contributed by atoms with van der Waals surface area (Å²) in [6, 6.07) is 12.1. The van der Waals surface area contributed by atoms with Gasteiger partial charge in [0.1, 0.15) is 6.10 Å². The Balaban J connectivity index is 2.31. The molecule has 0 radical (unpaired) electrons. The van der Waals surface area contributed by atoms with Gasteiger partial charge in [0.05, 0.1) is 6.61 Å². The SMILES string of the molecule is COCc1ccc(C(O)c2cc(C)c(C)cc2C)cc1. The van der Waals surface area contributed by atoms with E-state index in [2.05, 4.69) is 26.0 Å². The van der Waals surface area contributed by atoms with Crippen molar-refractivity contribution in [2.45, 2.75) is 33.5 Å². The molecule has 0 spiro atoms. The van der Waals surface area contributed by atoms with Gasteiger partial charge in [-0.25, -0.2) is 0 Å². The predicted octanol–water partition coefficient (Wildman–Crippen LogP) is 3.84. The van der Waals surface area contributed by atoms with Crippen molar-refractivity contribution in [3.05, 3.63) is 69.8 Å². The van der Waals surface area contributed by atoms with E-state index in [1.54, 1.807) is 7.11 Å². The van der Waals surface area contributed by atoms with Crippen molar-refractivity contribution < 1.29 is 9.84 Å². The molecule has 1 unspecified atom stereocenters. The number of rotatable bonds is 4.